The number of amides is 2. The van der Waals surface area contributed by atoms with Gasteiger partial charge in [0.2, 0.25) is 16.9 Å². The normalized spacial score (nSPS) is 11.2. The summed E-state index contributed by atoms with van der Waals surface area (Å²) in [6, 6.07) is 29.5. The Bertz CT molecular complexity index is 2380. The molecule has 0 spiro atoms. The van der Waals surface area contributed by atoms with E-state index in [9.17, 15) is 24.0 Å². The summed E-state index contributed by atoms with van der Waals surface area (Å²) in [6.45, 7) is 0.685. The van der Waals surface area contributed by atoms with Gasteiger partial charge in [0.25, 0.3) is 11.8 Å². The van der Waals surface area contributed by atoms with E-state index in [2.05, 4.69) is 30.6 Å². The Balaban J connectivity index is 0.000000224. The van der Waals surface area contributed by atoms with Crippen LogP contribution in [0, 0.1) is 0 Å². The number of benzene rings is 4. The molecule has 6 rings (SSSR count). The standard InChI is InChI=1S/C21H20ClN3O4S.C21H20ClN3O3S/c1-30(28)21-24-11-17(19(27)23-10-14-5-3-2-4-6-14)20(25-21)29-13-15-7-8-16(12-26)18(22)9-15;1-29-21-24-11-17(19(27)23-10-14-5-3-2-4-6-14)20(25-21)28-13-15-7-8-16(12-26)18(22)9-15/h2-9,11,26H,10,12-13H2,1H3,(H,23,27);2-9,11,26H,10,12-13H2,1H3,(H,23,27). The number of carbonyl (C=O) groups excluding carboxylic acids is 2. The van der Waals surface area contributed by atoms with Crippen molar-refractivity contribution < 1.29 is 33.5 Å². The number of halogens is 2. The van der Waals surface area contributed by atoms with E-state index in [-0.39, 0.29) is 60.4 Å². The summed E-state index contributed by atoms with van der Waals surface area (Å²) >= 11 is 13.6. The van der Waals surface area contributed by atoms with Gasteiger partial charge in [0.05, 0.1) is 24.0 Å². The molecular weight excluding hydrogens is 836 g/mol. The van der Waals surface area contributed by atoms with Gasteiger partial charge in [0, 0.05) is 41.8 Å². The molecule has 0 radical (unpaired) electrons. The third kappa shape index (κ3) is 13.3. The molecular formula is C42H40Cl2N6O7S2. The van der Waals surface area contributed by atoms with Crippen molar-refractivity contribution in [2.45, 2.75) is 49.8 Å². The highest BCUT2D eigenvalue weighted by Crippen LogP contribution is 2.24. The molecule has 17 heteroatoms. The summed E-state index contributed by atoms with van der Waals surface area (Å²) in [5.74, 6) is -0.485. The van der Waals surface area contributed by atoms with Crippen LogP contribution in [0.3, 0.4) is 0 Å². The van der Waals surface area contributed by atoms with E-state index >= 15 is 0 Å². The molecule has 2 aromatic heterocycles. The van der Waals surface area contributed by atoms with Gasteiger partial charge in [0.15, 0.2) is 5.16 Å². The Morgan fingerprint density at radius 1 is 0.678 bits per heavy atom. The molecule has 59 heavy (non-hydrogen) atoms. The molecule has 0 aliphatic carbocycles. The Morgan fingerprint density at radius 3 is 1.56 bits per heavy atom. The monoisotopic (exact) mass is 874 g/mol. The highest BCUT2D eigenvalue weighted by molar-refractivity contribution is 7.98. The fourth-order valence-corrected chi connectivity index (χ4v) is 6.41. The van der Waals surface area contributed by atoms with Gasteiger partial charge in [-0.05, 0) is 51.8 Å². The number of aromatic nitrogens is 4. The van der Waals surface area contributed by atoms with Crippen LogP contribution in [-0.4, -0.2) is 58.7 Å². The summed E-state index contributed by atoms with van der Waals surface area (Å²) in [5, 5.41) is 25.6. The Kier molecular flexibility index (Phi) is 17.2. The lowest BCUT2D eigenvalue weighted by molar-refractivity contribution is 0.0936. The first-order valence-electron chi connectivity index (χ1n) is 17.9. The maximum atomic E-state index is 12.7. The third-order valence-electron chi connectivity index (χ3n) is 8.31. The average Bonchev–Trinajstić information content (AvgIpc) is 3.26. The number of aliphatic hydroxyl groups is 2. The van der Waals surface area contributed by atoms with E-state index in [1.165, 1.54) is 30.4 Å². The summed E-state index contributed by atoms with van der Waals surface area (Å²) in [4.78, 5) is 42.0. The van der Waals surface area contributed by atoms with Gasteiger partial charge in [-0.15, -0.1) is 0 Å². The maximum absolute atomic E-state index is 12.7. The number of aliphatic hydroxyl groups excluding tert-OH is 2. The number of nitrogens with one attached hydrogen (secondary N) is 2. The molecule has 0 saturated heterocycles. The predicted molar refractivity (Wildman–Crippen MR) is 227 cm³/mol. The van der Waals surface area contributed by atoms with Crippen LogP contribution in [0.25, 0.3) is 0 Å². The molecule has 0 saturated carbocycles. The van der Waals surface area contributed by atoms with Gasteiger partial charge in [0.1, 0.15) is 24.3 Å². The number of nitrogens with zero attached hydrogens (tertiary/aromatic N) is 4. The van der Waals surface area contributed by atoms with E-state index in [0.717, 1.165) is 22.3 Å². The van der Waals surface area contributed by atoms with Crippen LogP contribution in [0.4, 0.5) is 0 Å². The highest BCUT2D eigenvalue weighted by Gasteiger charge is 2.19. The smallest absolute Gasteiger partial charge is 0.258 e. The van der Waals surface area contributed by atoms with Crippen molar-refractivity contribution >= 4 is 57.6 Å². The topological polar surface area (TPSA) is 186 Å². The van der Waals surface area contributed by atoms with Gasteiger partial charge in [-0.1, -0.05) is 120 Å². The molecule has 1 unspecified atom stereocenters. The van der Waals surface area contributed by atoms with Gasteiger partial charge < -0.3 is 30.3 Å². The number of rotatable bonds is 16. The fourth-order valence-electron chi connectivity index (χ4n) is 5.14. The molecule has 0 bridgehead atoms. The lowest BCUT2D eigenvalue weighted by Crippen LogP contribution is -2.24. The van der Waals surface area contributed by atoms with Crippen molar-refractivity contribution in [2.24, 2.45) is 0 Å². The van der Waals surface area contributed by atoms with Crippen molar-refractivity contribution in [1.29, 1.82) is 0 Å². The zero-order valence-corrected chi connectivity index (χ0v) is 35.1. The molecule has 2 amide bonds. The third-order valence-corrected chi connectivity index (χ3v) is 10.3. The molecule has 4 N–H and O–H groups in total. The van der Waals surface area contributed by atoms with Crippen molar-refractivity contribution in [3.8, 4) is 11.8 Å². The lowest BCUT2D eigenvalue weighted by atomic mass is 10.1. The van der Waals surface area contributed by atoms with E-state index in [1.54, 1.807) is 30.3 Å². The van der Waals surface area contributed by atoms with Gasteiger partial charge >= 0.3 is 0 Å². The van der Waals surface area contributed by atoms with Gasteiger partial charge in [-0.3, -0.25) is 13.8 Å². The molecule has 4 aromatic carbocycles. The van der Waals surface area contributed by atoms with Gasteiger partial charge in [-0.25, -0.2) is 9.97 Å². The second-order valence-corrected chi connectivity index (χ2v) is 15.3. The van der Waals surface area contributed by atoms with Crippen LogP contribution in [-0.2, 0) is 50.3 Å². The minimum absolute atomic E-state index is 0.0307. The van der Waals surface area contributed by atoms with Crippen LogP contribution >= 0.6 is 35.0 Å². The second-order valence-electron chi connectivity index (χ2n) is 12.5. The fraction of sp³-hybridized carbons (Fsp3) is 0.190. The molecule has 1 atom stereocenters. The second kappa shape index (κ2) is 22.7. The van der Waals surface area contributed by atoms with Crippen molar-refractivity contribution in [3.05, 3.63) is 164 Å². The number of hydrogen-bond acceptors (Lipinski definition) is 12. The largest absolute Gasteiger partial charge is 0.472 e. The van der Waals surface area contributed by atoms with E-state index in [0.29, 0.717) is 39.4 Å². The minimum atomic E-state index is -1.43. The number of hydrogen-bond donors (Lipinski definition) is 4. The predicted octanol–water partition coefficient (Wildman–Crippen LogP) is 6.72. The first-order chi connectivity index (χ1) is 28.6. The van der Waals surface area contributed by atoms with Gasteiger partial charge in [-0.2, -0.15) is 9.97 Å². The Morgan fingerprint density at radius 2 is 1.14 bits per heavy atom. The highest BCUT2D eigenvalue weighted by atomic mass is 35.5. The molecule has 6 aromatic rings. The van der Waals surface area contributed by atoms with Crippen molar-refractivity contribution in [1.82, 2.24) is 30.6 Å². The van der Waals surface area contributed by atoms with Crippen molar-refractivity contribution in [2.75, 3.05) is 12.5 Å². The molecule has 2 heterocycles. The molecule has 0 aliphatic rings. The van der Waals surface area contributed by atoms with Crippen LogP contribution in [0.1, 0.15) is 54.1 Å². The number of ether oxygens (including phenoxy) is 2. The Hall–Kier alpha value is -5.42. The molecule has 0 aliphatic heterocycles. The first-order valence-corrected chi connectivity index (χ1v) is 21.4. The average molecular weight is 876 g/mol. The maximum Gasteiger partial charge on any atom is 0.258 e. The van der Waals surface area contributed by atoms with Crippen LogP contribution < -0.4 is 20.1 Å². The molecule has 0 fully saturated rings. The van der Waals surface area contributed by atoms with E-state index in [1.807, 2.05) is 73.0 Å². The van der Waals surface area contributed by atoms with Crippen molar-refractivity contribution in [3.63, 3.8) is 0 Å². The lowest BCUT2D eigenvalue weighted by Gasteiger charge is -2.12. The first kappa shape index (κ1) is 44.7. The number of carbonyl (C=O) groups is 2. The SMILES string of the molecule is CS(=O)c1ncc(C(=O)NCc2ccccc2)c(OCc2ccc(CO)c(Cl)c2)n1.CSc1ncc(C(=O)NCc2ccccc2)c(OCc2ccc(CO)c(Cl)c2)n1. The zero-order valence-electron chi connectivity index (χ0n) is 31.9. The van der Waals surface area contributed by atoms with E-state index in [4.69, 9.17) is 32.7 Å². The van der Waals surface area contributed by atoms with Crippen LogP contribution in [0.15, 0.2) is 120 Å². The van der Waals surface area contributed by atoms with Crippen LogP contribution in [0.2, 0.25) is 10.0 Å². The Labute approximate surface area is 358 Å². The summed E-state index contributed by atoms with van der Waals surface area (Å²) < 4.78 is 23.3. The summed E-state index contributed by atoms with van der Waals surface area (Å²) in [6.07, 6.45) is 6.07. The van der Waals surface area contributed by atoms with Crippen LogP contribution in [0.5, 0.6) is 11.8 Å². The minimum Gasteiger partial charge on any atom is -0.472 e. The quantitative estimate of drug-likeness (QED) is 0.0595. The molecule has 306 valence electrons. The summed E-state index contributed by atoms with van der Waals surface area (Å²) in [5.41, 5.74) is 5.10. The van der Waals surface area contributed by atoms with E-state index < -0.39 is 16.7 Å². The molecule has 13 nitrogen and oxygen atoms in total. The summed E-state index contributed by atoms with van der Waals surface area (Å²) in [7, 11) is -1.43. The number of thioether (sulfide) groups is 1. The zero-order chi connectivity index (χ0) is 42.1.